The summed E-state index contributed by atoms with van der Waals surface area (Å²) in [7, 11) is 1.76. The summed E-state index contributed by atoms with van der Waals surface area (Å²) in [5.74, 6) is 0. The fourth-order valence-corrected chi connectivity index (χ4v) is 2.19. The van der Waals surface area contributed by atoms with Crippen LogP contribution in [0.25, 0.3) is 0 Å². The SMILES string of the molecule is Cn1nnnc1Sc1ccc(CO)cc1Cl. The summed E-state index contributed by atoms with van der Waals surface area (Å²) in [4.78, 5) is 0.858. The van der Waals surface area contributed by atoms with E-state index in [1.54, 1.807) is 17.8 Å². The van der Waals surface area contributed by atoms with Crippen molar-refractivity contribution >= 4 is 23.4 Å². The van der Waals surface area contributed by atoms with Gasteiger partial charge in [-0.3, -0.25) is 0 Å². The Morgan fingerprint density at radius 2 is 2.31 bits per heavy atom. The molecule has 1 heterocycles. The zero-order chi connectivity index (χ0) is 11.5. The van der Waals surface area contributed by atoms with Crippen LogP contribution in [0.5, 0.6) is 0 Å². The van der Waals surface area contributed by atoms with Crippen LogP contribution in [-0.2, 0) is 13.7 Å². The van der Waals surface area contributed by atoms with Gasteiger partial charge in [0.1, 0.15) is 0 Å². The number of aromatic nitrogens is 4. The van der Waals surface area contributed by atoms with Gasteiger partial charge in [0.05, 0.1) is 11.6 Å². The van der Waals surface area contributed by atoms with Crippen molar-refractivity contribution in [2.45, 2.75) is 16.7 Å². The highest BCUT2D eigenvalue weighted by molar-refractivity contribution is 7.99. The topological polar surface area (TPSA) is 63.8 Å². The second-order valence-electron chi connectivity index (χ2n) is 3.11. The van der Waals surface area contributed by atoms with Crippen LogP contribution < -0.4 is 0 Å². The Balaban J connectivity index is 2.25. The molecule has 1 N–H and O–H groups in total. The van der Waals surface area contributed by atoms with E-state index in [4.69, 9.17) is 16.7 Å². The van der Waals surface area contributed by atoms with Crippen molar-refractivity contribution < 1.29 is 5.11 Å². The smallest absolute Gasteiger partial charge is 0.213 e. The van der Waals surface area contributed by atoms with E-state index in [1.165, 1.54) is 11.8 Å². The summed E-state index contributed by atoms with van der Waals surface area (Å²) in [6.45, 7) is -0.0177. The van der Waals surface area contributed by atoms with Gasteiger partial charge in [-0.25, -0.2) is 4.68 Å². The number of nitrogens with zero attached hydrogens (tertiary/aromatic N) is 4. The molecule has 0 radical (unpaired) electrons. The van der Waals surface area contributed by atoms with E-state index in [9.17, 15) is 0 Å². The summed E-state index contributed by atoms with van der Waals surface area (Å²) in [6, 6.07) is 5.39. The van der Waals surface area contributed by atoms with Gasteiger partial charge in [-0.05, 0) is 39.9 Å². The molecule has 0 saturated heterocycles. The Kier molecular flexibility index (Phi) is 3.42. The maximum absolute atomic E-state index is 8.95. The van der Waals surface area contributed by atoms with E-state index in [2.05, 4.69) is 15.5 Å². The molecule has 0 atom stereocenters. The molecular formula is C9H9ClN4OS. The van der Waals surface area contributed by atoms with Gasteiger partial charge in [0.25, 0.3) is 0 Å². The van der Waals surface area contributed by atoms with E-state index in [1.807, 2.05) is 12.1 Å². The van der Waals surface area contributed by atoms with Crippen LogP contribution in [0.3, 0.4) is 0 Å². The predicted octanol–water partition coefficient (Wildman–Crippen LogP) is 1.51. The normalized spacial score (nSPS) is 10.7. The lowest BCUT2D eigenvalue weighted by Gasteiger charge is -2.04. The second-order valence-corrected chi connectivity index (χ2v) is 4.53. The summed E-state index contributed by atoms with van der Waals surface area (Å²) >= 11 is 7.45. The van der Waals surface area contributed by atoms with Crippen LogP contribution in [0, 0.1) is 0 Å². The first-order valence-corrected chi connectivity index (χ1v) is 5.69. The molecule has 5 nitrogen and oxygen atoms in total. The third-order valence-electron chi connectivity index (χ3n) is 1.96. The fraction of sp³-hybridized carbons (Fsp3) is 0.222. The lowest BCUT2D eigenvalue weighted by atomic mass is 10.2. The zero-order valence-corrected chi connectivity index (χ0v) is 10.0. The van der Waals surface area contributed by atoms with Crippen LogP contribution in [0.15, 0.2) is 28.3 Å². The summed E-state index contributed by atoms with van der Waals surface area (Å²) < 4.78 is 1.57. The molecule has 1 aromatic carbocycles. The van der Waals surface area contributed by atoms with Crippen molar-refractivity contribution in [2.24, 2.45) is 7.05 Å². The Morgan fingerprint density at radius 1 is 1.50 bits per heavy atom. The average molecular weight is 257 g/mol. The van der Waals surface area contributed by atoms with E-state index in [-0.39, 0.29) is 6.61 Å². The minimum atomic E-state index is -0.0177. The van der Waals surface area contributed by atoms with Gasteiger partial charge in [-0.15, -0.1) is 5.10 Å². The average Bonchev–Trinajstić information content (AvgIpc) is 2.67. The Bertz CT molecular complexity index is 502. The maximum Gasteiger partial charge on any atom is 0.213 e. The minimum absolute atomic E-state index is 0.0177. The Hall–Kier alpha value is -1.11. The third kappa shape index (κ3) is 2.34. The first-order valence-electron chi connectivity index (χ1n) is 4.50. The predicted molar refractivity (Wildman–Crippen MR) is 60.3 cm³/mol. The van der Waals surface area contributed by atoms with Gasteiger partial charge < -0.3 is 5.11 Å². The zero-order valence-electron chi connectivity index (χ0n) is 8.46. The van der Waals surface area contributed by atoms with Gasteiger partial charge in [0.2, 0.25) is 5.16 Å². The Morgan fingerprint density at radius 3 is 2.88 bits per heavy atom. The molecule has 0 amide bonds. The molecule has 0 aliphatic rings. The van der Waals surface area contributed by atoms with Crippen molar-refractivity contribution in [1.82, 2.24) is 20.2 Å². The van der Waals surface area contributed by atoms with Crippen LogP contribution in [0.2, 0.25) is 5.02 Å². The molecule has 0 bridgehead atoms. The molecule has 0 aliphatic heterocycles. The quantitative estimate of drug-likeness (QED) is 0.902. The lowest BCUT2D eigenvalue weighted by molar-refractivity contribution is 0.282. The number of hydrogen-bond donors (Lipinski definition) is 1. The number of aryl methyl sites for hydroxylation is 1. The van der Waals surface area contributed by atoms with E-state index >= 15 is 0 Å². The van der Waals surface area contributed by atoms with Gasteiger partial charge >= 0.3 is 0 Å². The van der Waals surface area contributed by atoms with Crippen LogP contribution >= 0.6 is 23.4 Å². The molecule has 2 aromatic rings. The third-order valence-corrected chi connectivity index (χ3v) is 3.49. The highest BCUT2D eigenvalue weighted by Crippen LogP contribution is 2.32. The number of aliphatic hydroxyl groups is 1. The molecule has 0 unspecified atom stereocenters. The number of rotatable bonds is 3. The second kappa shape index (κ2) is 4.82. The van der Waals surface area contributed by atoms with Crippen molar-refractivity contribution in [3.63, 3.8) is 0 Å². The van der Waals surface area contributed by atoms with Gasteiger partial charge in [0, 0.05) is 11.9 Å². The fourth-order valence-electron chi connectivity index (χ4n) is 1.13. The first-order chi connectivity index (χ1) is 7.70. The highest BCUT2D eigenvalue weighted by Gasteiger charge is 2.08. The van der Waals surface area contributed by atoms with Crippen molar-refractivity contribution in [3.05, 3.63) is 28.8 Å². The molecule has 7 heteroatoms. The number of benzene rings is 1. The molecular weight excluding hydrogens is 248 g/mol. The first kappa shape index (κ1) is 11.4. The van der Waals surface area contributed by atoms with E-state index in [0.29, 0.717) is 10.2 Å². The number of hydrogen-bond acceptors (Lipinski definition) is 5. The van der Waals surface area contributed by atoms with Crippen molar-refractivity contribution in [2.75, 3.05) is 0 Å². The molecule has 1 aromatic heterocycles. The molecule has 0 aliphatic carbocycles. The maximum atomic E-state index is 8.95. The number of aliphatic hydroxyl groups excluding tert-OH is 1. The molecule has 16 heavy (non-hydrogen) atoms. The Labute approximate surface area is 101 Å². The van der Waals surface area contributed by atoms with Crippen LogP contribution in [-0.4, -0.2) is 25.3 Å². The van der Waals surface area contributed by atoms with Crippen LogP contribution in [0.1, 0.15) is 5.56 Å². The summed E-state index contributed by atoms with van der Waals surface area (Å²) in [5.41, 5.74) is 0.783. The van der Waals surface area contributed by atoms with Gasteiger partial charge in [0.15, 0.2) is 0 Å². The van der Waals surface area contributed by atoms with Crippen molar-refractivity contribution in [1.29, 1.82) is 0 Å². The molecule has 2 rings (SSSR count). The molecule has 0 fully saturated rings. The highest BCUT2D eigenvalue weighted by atomic mass is 35.5. The monoisotopic (exact) mass is 256 g/mol. The molecule has 0 saturated carbocycles. The minimum Gasteiger partial charge on any atom is -0.392 e. The largest absolute Gasteiger partial charge is 0.392 e. The van der Waals surface area contributed by atoms with Gasteiger partial charge in [-0.1, -0.05) is 17.7 Å². The summed E-state index contributed by atoms with van der Waals surface area (Å²) in [5, 5.41) is 21.3. The van der Waals surface area contributed by atoms with Crippen LogP contribution in [0.4, 0.5) is 0 Å². The molecule has 0 spiro atoms. The standard InChI is InChI=1S/C9H9ClN4OS/c1-14-9(11-12-13-14)16-8-3-2-6(5-15)4-7(8)10/h2-4,15H,5H2,1H3. The van der Waals surface area contributed by atoms with E-state index in [0.717, 1.165) is 10.5 Å². The van der Waals surface area contributed by atoms with Crippen molar-refractivity contribution in [3.8, 4) is 0 Å². The number of halogens is 1. The number of tetrazole rings is 1. The molecule has 84 valence electrons. The lowest BCUT2D eigenvalue weighted by Crippen LogP contribution is -1.93. The summed E-state index contributed by atoms with van der Waals surface area (Å²) in [6.07, 6.45) is 0. The van der Waals surface area contributed by atoms with Gasteiger partial charge in [-0.2, -0.15) is 0 Å². The van der Waals surface area contributed by atoms with E-state index < -0.39 is 0 Å².